The molecule has 2 heterocycles. The first-order valence-electron chi connectivity index (χ1n) is 6.88. The van der Waals surface area contributed by atoms with Crippen LogP contribution in [0.3, 0.4) is 0 Å². The summed E-state index contributed by atoms with van der Waals surface area (Å²) in [5.74, 6) is 1.36. The van der Waals surface area contributed by atoms with Crippen molar-refractivity contribution in [3.8, 4) is 11.5 Å². The minimum atomic E-state index is 0.128. The summed E-state index contributed by atoms with van der Waals surface area (Å²) in [6, 6.07) is 1.84. The highest BCUT2D eigenvalue weighted by Gasteiger charge is 2.18. The number of ether oxygens (including phenoxy) is 2. The normalized spacial score (nSPS) is 11.0. The second-order valence-corrected chi connectivity index (χ2v) is 6.13. The number of nitrogen functional groups attached to an aromatic ring is 1. The first-order chi connectivity index (χ1) is 11.5. The van der Waals surface area contributed by atoms with Crippen molar-refractivity contribution < 1.29 is 9.47 Å². The number of aromatic nitrogens is 5. The summed E-state index contributed by atoms with van der Waals surface area (Å²) in [6.45, 7) is 2.20. The van der Waals surface area contributed by atoms with Crippen LogP contribution in [0.2, 0.25) is 5.02 Å². The molecule has 24 heavy (non-hydrogen) atoms. The highest BCUT2D eigenvalue weighted by Crippen LogP contribution is 2.38. The van der Waals surface area contributed by atoms with Crippen molar-refractivity contribution in [3.05, 3.63) is 26.8 Å². The number of hydrogen-bond acceptors (Lipinski definition) is 7. The van der Waals surface area contributed by atoms with Crippen LogP contribution in [-0.4, -0.2) is 39.2 Å². The summed E-state index contributed by atoms with van der Waals surface area (Å²) in [5, 5.41) is 8.66. The molecule has 0 spiro atoms. The Kier molecular flexibility index (Phi) is 4.46. The molecule has 0 aliphatic carbocycles. The molecule has 10 heteroatoms. The van der Waals surface area contributed by atoms with Gasteiger partial charge < -0.3 is 15.2 Å². The Morgan fingerprint density at radius 1 is 1.29 bits per heavy atom. The average molecular weight is 414 g/mol. The molecule has 0 unspecified atom stereocenters. The van der Waals surface area contributed by atoms with Crippen molar-refractivity contribution >= 4 is 44.6 Å². The van der Waals surface area contributed by atoms with E-state index >= 15 is 0 Å². The van der Waals surface area contributed by atoms with Gasteiger partial charge in [-0.25, -0.2) is 9.67 Å². The zero-order valence-corrected chi connectivity index (χ0v) is 15.5. The van der Waals surface area contributed by atoms with Crippen LogP contribution in [0.25, 0.3) is 11.2 Å². The largest absolute Gasteiger partial charge is 0.496 e. The van der Waals surface area contributed by atoms with Crippen LogP contribution < -0.4 is 15.2 Å². The molecule has 2 aromatic heterocycles. The Morgan fingerprint density at radius 2 is 2.04 bits per heavy atom. The third-order valence-corrected chi connectivity index (χ3v) is 4.55. The second-order valence-electron chi connectivity index (χ2n) is 5.00. The van der Waals surface area contributed by atoms with Gasteiger partial charge in [-0.05, 0) is 34.5 Å². The minimum Gasteiger partial charge on any atom is -0.496 e. The zero-order chi connectivity index (χ0) is 17.4. The fraction of sp³-hybridized carbons (Fsp3) is 0.286. The predicted molar refractivity (Wildman–Crippen MR) is 93.6 cm³/mol. The number of anilines is 1. The van der Waals surface area contributed by atoms with E-state index in [4.69, 9.17) is 26.8 Å². The van der Waals surface area contributed by atoms with Gasteiger partial charge in [0.15, 0.2) is 11.2 Å². The van der Waals surface area contributed by atoms with Crippen LogP contribution in [0.1, 0.15) is 11.1 Å². The van der Waals surface area contributed by atoms with E-state index in [0.717, 1.165) is 11.1 Å². The number of fused-ring (bicyclic) bond motifs is 1. The van der Waals surface area contributed by atoms with Gasteiger partial charge >= 0.3 is 0 Å². The van der Waals surface area contributed by atoms with Gasteiger partial charge in [0.1, 0.15) is 16.1 Å². The van der Waals surface area contributed by atoms with Gasteiger partial charge in [-0.3, -0.25) is 0 Å². The van der Waals surface area contributed by atoms with E-state index in [2.05, 4.69) is 36.2 Å². The number of benzene rings is 1. The highest BCUT2D eigenvalue weighted by atomic mass is 79.9. The molecule has 8 nitrogen and oxygen atoms in total. The third kappa shape index (κ3) is 2.73. The molecule has 3 rings (SSSR count). The van der Waals surface area contributed by atoms with Crippen molar-refractivity contribution in [1.82, 2.24) is 25.0 Å². The number of hydrogen-bond donors (Lipinski definition) is 1. The van der Waals surface area contributed by atoms with Crippen LogP contribution >= 0.6 is 27.5 Å². The minimum absolute atomic E-state index is 0.128. The summed E-state index contributed by atoms with van der Waals surface area (Å²) in [5.41, 5.74) is 8.31. The first-order valence-corrected chi connectivity index (χ1v) is 8.05. The topological polar surface area (TPSA) is 101 Å². The lowest BCUT2D eigenvalue weighted by Crippen LogP contribution is -2.07. The highest BCUT2D eigenvalue weighted by molar-refractivity contribution is 9.10. The van der Waals surface area contributed by atoms with E-state index in [1.807, 2.05) is 13.0 Å². The van der Waals surface area contributed by atoms with E-state index in [1.54, 1.807) is 18.9 Å². The Morgan fingerprint density at radius 3 is 2.71 bits per heavy atom. The first kappa shape index (κ1) is 16.7. The van der Waals surface area contributed by atoms with Gasteiger partial charge in [-0.1, -0.05) is 16.8 Å². The van der Waals surface area contributed by atoms with Crippen LogP contribution in [0, 0.1) is 6.92 Å². The molecule has 126 valence electrons. The molecule has 0 saturated heterocycles. The summed E-state index contributed by atoms with van der Waals surface area (Å²) in [7, 11) is 3.16. The van der Waals surface area contributed by atoms with Crippen molar-refractivity contribution in [3.63, 3.8) is 0 Å². The van der Waals surface area contributed by atoms with Gasteiger partial charge in [0.05, 0.1) is 25.8 Å². The molecule has 1 aromatic carbocycles. The molecule has 0 saturated carbocycles. The molecule has 0 atom stereocenters. The SMILES string of the molecule is COc1cc(Cn2nnc3c(Br)nc(N)nc32)c(Cl)c(OC)c1C. The lowest BCUT2D eigenvalue weighted by molar-refractivity contribution is 0.387. The smallest absolute Gasteiger partial charge is 0.223 e. The van der Waals surface area contributed by atoms with Gasteiger partial charge in [-0.15, -0.1) is 5.10 Å². The summed E-state index contributed by atoms with van der Waals surface area (Å²) < 4.78 is 12.9. The van der Waals surface area contributed by atoms with Crippen molar-refractivity contribution in [2.24, 2.45) is 0 Å². The Hall–Kier alpha value is -2.13. The summed E-state index contributed by atoms with van der Waals surface area (Å²) in [6.07, 6.45) is 0. The van der Waals surface area contributed by atoms with Crippen LogP contribution in [0.4, 0.5) is 5.95 Å². The molecule has 0 amide bonds. The van der Waals surface area contributed by atoms with Gasteiger partial charge in [0.25, 0.3) is 0 Å². The summed E-state index contributed by atoms with van der Waals surface area (Å²) >= 11 is 9.77. The lowest BCUT2D eigenvalue weighted by Gasteiger charge is -2.15. The molecular formula is C14H14BrClN6O2. The number of halogens is 2. The zero-order valence-electron chi connectivity index (χ0n) is 13.2. The third-order valence-electron chi connectivity index (χ3n) is 3.58. The number of nitrogens with two attached hydrogens (primary N) is 1. The average Bonchev–Trinajstić information content (AvgIpc) is 2.93. The van der Waals surface area contributed by atoms with Crippen molar-refractivity contribution in [2.75, 3.05) is 20.0 Å². The molecule has 0 fully saturated rings. The van der Waals surface area contributed by atoms with Crippen LogP contribution in [-0.2, 0) is 6.54 Å². The van der Waals surface area contributed by atoms with Crippen LogP contribution in [0.15, 0.2) is 10.7 Å². The second kappa shape index (κ2) is 6.40. The number of nitrogens with zero attached hydrogens (tertiary/aromatic N) is 5. The number of methoxy groups -OCH3 is 2. The maximum Gasteiger partial charge on any atom is 0.223 e. The fourth-order valence-electron chi connectivity index (χ4n) is 2.43. The quantitative estimate of drug-likeness (QED) is 0.656. The molecule has 0 aliphatic rings. The molecule has 0 radical (unpaired) electrons. The molecular weight excluding hydrogens is 400 g/mol. The van der Waals surface area contributed by atoms with E-state index in [-0.39, 0.29) is 5.95 Å². The maximum absolute atomic E-state index is 6.46. The summed E-state index contributed by atoms with van der Waals surface area (Å²) in [4.78, 5) is 8.20. The molecule has 0 bridgehead atoms. The van der Waals surface area contributed by atoms with Crippen molar-refractivity contribution in [1.29, 1.82) is 0 Å². The van der Waals surface area contributed by atoms with Gasteiger partial charge in [-0.2, -0.15) is 4.98 Å². The van der Waals surface area contributed by atoms with E-state index in [0.29, 0.717) is 38.8 Å². The van der Waals surface area contributed by atoms with E-state index in [1.165, 1.54) is 0 Å². The Labute approximate surface area is 151 Å². The van der Waals surface area contributed by atoms with Gasteiger partial charge in [0.2, 0.25) is 5.95 Å². The number of rotatable bonds is 4. The van der Waals surface area contributed by atoms with Gasteiger partial charge in [0, 0.05) is 5.56 Å². The van der Waals surface area contributed by atoms with E-state index in [9.17, 15) is 0 Å². The molecule has 3 aromatic rings. The van der Waals surface area contributed by atoms with Crippen molar-refractivity contribution in [2.45, 2.75) is 13.5 Å². The molecule has 2 N–H and O–H groups in total. The fourth-order valence-corrected chi connectivity index (χ4v) is 3.20. The standard InChI is InChI=1S/C14H14BrClN6O2/c1-6-8(23-2)4-7(9(16)11(6)24-3)5-22-13-10(20-21-22)12(15)18-14(17)19-13/h4H,5H2,1-3H3,(H2,17,18,19). The monoisotopic (exact) mass is 412 g/mol. The lowest BCUT2D eigenvalue weighted by atomic mass is 10.1. The Balaban J connectivity index is 2.12. The molecule has 0 aliphatic heterocycles. The maximum atomic E-state index is 6.46. The van der Waals surface area contributed by atoms with Crippen LogP contribution in [0.5, 0.6) is 11.5 Å². The van der Waals surface area contributed by atoms with E-state index < -0.39 is 0 Å². The predicted octanol–water partition coefficient (Wildman–Crippen LogP) is 2.59. The Bertz CT molecular complexity index is 930.